The molecular weight excluding hydrogens is 269 g/mol. The van der Waals surface area contributed by atoms with Crippen LogP contribution in [0.3, 0.4) is 0 Å². The van der Waals surface area contributed by atoms with E-state index in [4.69, 9.17) is 5.26 Å². The first kappa shape index (κ1) is 15.6. The molecule has 0 bridgehead atoms. The molecule has 0 saturated heterocycles. The Bertz CT molecular complexity index is 604. The topological polar surface area (TPSA) is 52.9 Å². The van der Waals surface area contributed by atoms with E-state index in [-0.39, 0.29) is 17.0 Å². The van der Waals surface area contributed by atoms with Gasteiger partial charge in [0, 0.05) is 25.5 Å². The van der Waals surface area contributed by atoms with Crippen molar-refractivity contribution in [1.82, 2.24) is 5.32 Å². The van der Waals surface area contributed by atoms with Crippen molar-refractivity contribution in [3.8, 4) is 17.9 Å². The molecule has 1 amide bonds. The van der Waals surface area contributed by atoms with Crippen LogP contribution in [0.4, 0.5) is 13.2 Å². The number of nitriles is 1. The number of hydrogen-bond donors (Lipinski definition) is 1. The van der Waals surface area contributed by atoms with Gasteiger partial charge in [0.1, 0.15) is 0 Å². The second-order valence-electron chi connectivity index (χ2n) is 3.94. The first-order valence-corrected chi connectivity index (χ1v) is 5.68. The first-order valence-electron chi connectivity index (χ1n) is 5.68. The summed E-state index contributed by atoms with van der Waals surface area (Å²) in [5.74, 6) is 5.00. The zero-order valence-corrected chi connectivity index (χ0v) is 10.6. The lowest BCUT2D eigenvalue weighted by atomic mass is 10.1. The standard InChI is InChI=1S/C14H11F3N2O/c1-10(20)19-5-3-2-4-11-6-12(9-18)8-13(7-11)14(15,16)17/h6-8H,3,5H2,1H3,(H,19,20). The van der Waals surface area contributed by atoms with E-state index < -0.39 is 11.7 Å². The Hall–Kier alpha value is -2.47. The Morgan fingerprint density at radius 3 is 2.50 bits per heavy atom. The second-order valence-corrected chi connectivity index (χ2v) is 3.94. The van der Waals surface area contributed by atoms with E-state index in [0.717, 1.165) is 12.1 Å². The maximum Gasteiger partial charge on any atom is 0.416 e. The minimum atomic E-state index is -4.51. The molecule has 20 heavy (non-hydrogen) atoms. The fraction of sp³-hybridized carbons (Fsp3) is 0.286. The fourth-order valence-electron chi connectivity index (χ4n) is 1.39. The Morgan fingerprint density at radius 1 is 1.30 bits per heavy atom. The number of carbonyl (C=O) groups excluding carboxylic acids is 1. The molecule has 0 aromatic heterocycles. The van der Waals surface area contributed by atoms with Crippen LogP contribution in [0, 0.1) is 23.2 Å². The number of halogens is 3. The molecule has 6 heteroatoms. The summed E-state index contributed by atoms with van der Waals surface area (Å²) in [6.45, 7) is 1.69. The van der Waals surface area contributed by atoms with Crippen molar-refractivity contribution in [2.45, 2.75) is 19.5 Å². The Labute approximate surface area is 114 Å². The Kier molecular flexibility index (Phi) is 5.16. The number of amides is 1. The summed E-state index contributed by atoms with van der Waals surface area (Å²) in [7, 11) is 0. The van der Waals surface area contributed by atoms with E-state index >= 15 is 0 Å². The lowest BCUT2D eigenvalue weighted by Crippen LogP contribution is -2.20. The monoisotopic (exact) mass is 280 g/mol. The van der Waals surface area contributed by atoms with Crippen molar-refractivity contribution < 1.29 is 18.0 Å². The molecule has 0 saturated carbocycles. The molecule has 0 aliphatic rings. The second kappa shape index (κ2) is 6.63. The third-order valence-corrected chi connectivity index (χ3v) is 2.25. The third kappa shape index (κ3) is 5.03. The van der Waals surface area contributed by atoms with E-state index in [9.17, 15) is 18.0 Å². The molecule has 104 valence electrons. The summed E-state index contributed by atoms with van der Waals surface area (Å²) in [6, 6.07) is 4.64. The Balaban J connectivity index is 2.88. The summed E-state index contributed by atoms with van der Waals surface area (Å²) in [4.78, 5) is 10.6. The van der Waals surface area contributed by atoms with Crippen LogP contribution in [0.25, 0.3) is 0 Å². The zero-order chi connectivity index (χ0) is 15.2. The predicted molar refractivity (Wildman–Crippen MR) is 66.3 cm³/mol. The maximum atomic E-state index is 12.6. The van der Waals surface area contributed by atoms with Gasteiger partial charge in [-0.25, -0.2) is 0 Å². The van der Waals surface area contributed by atoms with E-state index in [1.165, 1.54) is 13.0 Å². The number of carbonyl (C=O) groups is 1. The molecule has 0 unspecified atom stereocenters. The molecule has 1 aromatic rings. The zero-order valence-electron chi connectivity index (χ0n) is 10.6. The van der Waals surface area contributed by atoms with Gasteiger partial charge in [0.25, 0.3) is 0 Å². The van der Waals surface area contributed by atoms with Crippen molar-refractivity contribution in [1.29, 1.82) is 5.26 Å². The average Bonchev–Trinajstić information content (AvgIpc) is 2.36. The van der Waals surface area contributed by atoms with Crippen molar-refractivity contribution in [3.63, 3.8) is 0 Å². The average molecular weight is 280 g/mol. The number of hydrogen-bond acceptors (Lipinski definition) is 2. The van der Waals surface area contributed by atoms with Gasteiger partial charge in [0.05, 0.1) is 17.2 Å². The highest BCUT2D eigenvalue weighted by Crippen LogP contribution is 2.30. The van der Waals surface area contributed by atoms with Crippen molar-refractivity contribution in [2.75, 3.05) is 6.54 Å². The van der Waals surface area contributed by atoms with E-state index in [1.54, 1.807) is 6.07 Å². The van der Waals surface area contributed by atoms with E-state index in [2.05, 4.69) is 17.2 Å². The number of nitrogens with one attached hydrogen (secondary N) is 1. The molecule has 0 fully saturated rings. The minimum Gasteiger partial charge on any atom is -0.355 e. The van der Waals surface area contributed by atoms with Crippen molar-refractivity contribution in [3.05, 3.63) is 34.9 Å². The van der Waals surface area contributed by atoms with Gasteiger partial charge in [-0.15, -0.1) is 0 Å². The van der Waals surface area contributed by atoms with Gasteiger partial charge in [-0.2, -0.15) is 18.4 Å². The molecule has 0 atom stereocenters. The van der Waals surface area contributed by atoms with E-state index in [1.807, 2.05) is 0 Å². The summed E-state index contributed by atoms with van der Waals surface area (Å²) in [5, 5.41) is 11.2. The van der Waals surface area contributed by atoms with Gasteiger partial charge in [-0.05, 0) is 18.2 Å². The van der Waals surface area contributed by atoms with Crippen LogP contribution in [0.15, 0.2) is 18.2 Å². The van der Waals surface area contributed by atoms with Crippen LogP contribution in [-0.4, -0.2) is 12.5 Å². The molecular formula is C14H11F3N2O. The Morgan fingerprint density at radius 2 is 1.95 bits per heavy atom. The molecule has 1 N–H and O–H groups in total. The first-order chi connectivity index (χ1) is 9.32. The highest BCUT2D eigenvalue weighted by Gasteiger charge is 2.31. The molecule has 1 rings (SSSR count). The van der Waals surface area contributed by atoms with Gasteiger partial charge in [-0.1, -0.05) is 11.8 Å². The predicted octanol–water partition coefficient (Wildman–Crippen LogP) is 2.45. The van der Waals surface area contributed by atoms with Gasteiger partial charge in [0.15, 0.2) is 0 Å². The summed E-state index contributed by atoms with van der Waals surface area (Å²) in [6.07, 6.45) is -4.20. The van der Waals surface area contributed by atoms with Gasteiger partial charge < -0.3 is 5.32 Å². The highest BCUT2D eigenvalue weighted by atomic mass is 19.4. The molecule has 1 aromatic carbocycles. The summed E-state index contributed by atoms with van der Waals surface area (Å²) < 4.78 is 37.8. The molecule has 0 radical (unpaired) electrons. The number of rotatable bonds is 2. The highest BCUT2D eigenvalue weighted by molar-refractivity contribution is 5.72. The molecule has 3 nitrogen and oxygen atoms in total. The summed E-state index contributed by atoms with van der Waals surface area (Å²) in [5.41, 5.74) is -0.868. The quantitative estimate of drug-likeness (QED) is 0.668. The lowest BCUT2D eigenvalue weighted by molar-refractivity contribution is -0.137. The molecule has 0 aliphatic carbocycles. The smallest absolute Gasteiger partial charge is 0.355 e. The molecule has 0 spiro atoms. The van der Waals surface area contributed by atoms with Crippen LogP contribution >= 0.6 is 0 Å². The number of nitrogens with zero attached hydrogens (tertiary/aromatic N) is 1. The van der Waals surface area contributed by atoms with Gasteiger partial charge in [0.2, 0.25) is 5.91 Å². The largest absolute Gasteiger partial charge is 0.416 e. The van der Waals surface area contributed by atoms with Crippen LogP contribution < -0.4 is 5.32 Å². The SMILES string of the molecule is CC(=O)NCCC#Cc1cc(C#N)cc(C(F)(F)F)c1. The van der Waals surface area contributed by atoms with Crippen LogP contribution in [0.5, 0.6) is 0 Å². The van der Waals surface area contributed by atoms with E-state index in [0.29, 0.717) is 13.0 Å². The normalized spacial score (nSPS) is 10.2. The van der Waals surface area contributed by atoms with Gasteiger partial charge in [-0.3, -0.25) is 4.79 Å². The summed E-state index contributed by atoms with van der Waals surface area (Å²) >= 11 is 0. The fourth-order valence-corrected chi connectivity index (χ4v) is 1.39. The van der Waals surface area contributed by atoms with Gasteiger partial charge >= 0.3 is 6.18 Å². The number of alkyl halides is 3. The molecule has 0 heterocycles. The van der Waals surface area contributed by atoms with Crippen molar-refractivity contribution >= 4 is 5.91 Å². The minimum absolute atomic E-state index is 0.0917. The van der Waals surface area contributed by atoms with Crippen LogP contribution in [0.2, 0.25) is 0 Å². The lowest BCUT2D eigenvalue weighted by Gasteiger charge is -2.07. The number of benzene rings is 1. The third-order valence-electron chi connectivity index (χ3n) is 2.25. The maximum absolute atomic E-state index is 12.6. The van der Waals surface area contributed by atoms with Crippen LogP contribution in [0.1, 0.15) is 30.0 Å². The van der Waals surface area contributed by atoms with Crippen molar-refractivity contribution in [2.24, 2.45) is 0 Å². The van der Waals surface area contributed by atoms with Crippen LogP contribution in [-0.2, 0) is 11.0 Å². The molecule has 0 aliphatic heterocycles.